The Kier molecular flexibility index (Phi) is 7.49. The number of amides is 1. The van der Waals surface area contributed by atoms with Crippen LogP contribution in [0.5, 0.6) is 5.75 Å². The van der Waals surface area contributed by atoms with Gasteiger partial charge in [0.05, 0.1) is 4.90 Å². The summed E-state index contributed by atoms with van der Waals surface area (Å²) in [6.45, 7) is 4.54. The van der Waals surface area contributed by atoms with Crippen LogP contribution in [0.2, 0.25) is 0 Å². The Bertz CT molecular complexity index is 1180. The van der Waals surface area contributed by atoms with Crippen LogP contribution in [0.15, 0.2) is 89.8 Å². The molecule has 0 saturated carbocycles. The zero-order valence-electron chi connectivity index (χ0n) is 19.1. The lowest BCUT2D eigenvalue weighted by molar-refractivity contribution is -0.133. The molecule has 4 rings (SSSR count). The third-order valence-electron chi connectivity index (χ3n) is 5.88. The van der Waals surface area contributed by atoms with E-state index in [0.717, 1.165) is 24.3 Å². The Morgan fingerprint density at radius 1 is 0.882 bits per heavy atom. The Labute approximate surface area is 201 Å². The van der Waals surface area contributed by atoms with E-state index in [2.05, 4.69) is 21.8 Å². The Morgan fingerprint density at radius 2 is 1.47 bits per heavy atom. The van der Waals surface area contributed by atoms with E-state index in [4.69, 9.17) is 4.74 Å². The summed E-state index contributed by atoms with van der Waals surface area (Å²) >= 11 is 0. The summed E-state index contributed by atoms with van der Waals surface area (Å²) in [5.41, 5.74) is 2.04. The summed E-state index contributed by atoms with van der Waals surface area (Å²) < 4.78 is 33.7. The van der Waals surface area contributed by atoms with Crippen LogP contribution in [0.1, 0.15) is 18.5 Å². The zero-order chi connectivity index (χ0) is 24.0. The van der Waals surface area contributed by atoms with E-state index in [0.29, 0.717) is 18.8 Å². The van der Waals surface area contributed by atoms with Gasteiger partial charge in [0.25, 0.3) is 5.91 Å². The topological polar surface area (TPSA) is 78.9 Å². The number of carbonyl (C=O) groups is 1. The largest absolute Gasteiger partial charge is 0.484 e. The third-order valence-corrected chi connectivity index (χ3v) is 7.44. The van der Waals surface area contributed by atoms with E-state index in [1.807, 2.05) is 48.5 Å². The second-order valence-corrected chi connectivity index (χ2v) is 9.93. The molecule has 34 heavy (non-hydrogen) atoms. The second kappa shape index (κ2) is 10.7. The molecule has 8 heteroatoms. The second-order valence-electron chi connectivity index (χ2n) is 8.22. The van der Waals surface area contributed by atoms with Crippen molar-refractivity contribution in [2.45, 2.75) is 17.9 Å². The summed E-state index contributed by atoms with van der Waals surface area (Å²) in [5.74, 6) is 0.370. The first kappa shape index (κ1) is 23.8. The number of benzene rings is 3. The van der Waals surface area contributed by atoms with Crippen LogP contribution >= 0.6 is 0 Å². The van der Waals surface area contributed by atoms with Gasteiger partial charge in [-0.1, -0.05) is 48.5 Å². The molecule has 0 spiro atoms. The van der Waals surface area contributed by atoms with Gasteiger partial charge in [0, 0.05) is 37.9 Å². The monoisotopic (exact) mass is 479 g/mol. The van der Waals surface area contributed by atoms with Crippen molar-refractivity contribution < 1.29 is 17.9 Å². The molecule has 1 amide bonds. The SMILES string of the molecule is C[C@H](NS(=O)(=O)c1ccc(OCC(=O)N2CCN(c3ccccc3)CC2)cc1)c1ccccc1. The average Bonchev–Trinajstić information content (AvgIpc) is 2.88. The third kappa shape index (κ3) is 5.95. The molecule has 1 fully saturated rings. The summed E-state index contributed by atoms with van der Waals surface area (Å²) in [6.07, 6.45) is 0. The number of anilines is 1. The molecule has 0 aromatic heterocycles. The number of nitrogens with zero attached hydrogens (tertiary/aromatic N) is 2. The van der Waals surface area contributed by atoms with Gasteiger partial charge in [-0.2, -0.15) is 0 Å². The highest BCUT2D eigenvalue weighted by Crippen LogP contribution is 2.20. The number of carbonyl (C=O) groups excluding carboxylic acids is 1. The lowest BCUT2D eigenvalue weighted by Crippen LogP contribution is -2.50. The quantitative estimate of drug-likeness (QED) is 0.535. The number of sulfonamides is 1. The number of nitrogens with one attached hydrogen (secondary N) is 1. The predicted octanol–water partition coefficient (Wildman–Crippen LogP) is 3.45. The first-order valence-electron chi connectivity index (χ1n) is 11.3. The Hall–Kier alpha value is -3.36. The van der Waals surface area contributed by atoms with Gasteiger partial charge < -0.3 is 14.5 Å². The fraction of sp³-hybridized carbons (Fsp3) is 0.269. The van der Waals surface area contributed by atoms with Gasteiger partial charge in [0.15, 0.2) is 6.61 Å². The van der Waals surface area contributed by atoms with Gasteiger partial charge in [-0.15, -0.1) is 0 Å². The van der Waals surface area contributed by atoms with Crippen LogP contribution in [-0.4, -0.2) is 52.0 Å². The highest BCUT2D eigenvalue weighted by atomic mass is 32.2. The lowest BCUT2D eigenvalue weighted by atomic mass is 10.1. The first-order chi connectivity index (χ1) is 16.4. The number of para-hydroxylation sites is 1. The number of rotatable bonds is 8. The minimum Gasteiger partial charge on any atom is -0.484 e. The lowest BCUT2D eigenvalue weighted by Gasteiger charge is -2.36. The first-order valence-corrected chi connectivity index (χ1v) is 12.8. The van der Waals surface area contributed by atoms with Crippen molar-refractivity contribution in [1.29, 1.82) is 0 Å². The van der Waals surface area contributed by atoms with Crippen LogP contribution in [0, 0.1) is 0 Å². The molecule has 3 aromatic carbocycles. The molecule has 1 aliphatic rings. The number of piperazine rings is 1. The van der Waals surface area contributed by atoms with Crippen LogP contribution < -0.4 is 14.4 Å². The van der Waals surface area contributed by atoms with Crippen LogP contribution in [-0.2, 0) is 14.8 Å². The smallest absolute Gasteiger partial charge is 0.260 e. The van der Waals surface area contributed by atoms with Crippen molar-refractivity contribution in [1.82, 2.24) is 9.62 Å². The van der Waals surface area contributed by atoms with Gasteiger partial charge >= 0.3 is 0 Å². The summed E-state index contributed by atoms with van der Waals surface area (Å²) in [7, 11) is -3.69. The molecule has 1 atom stereocenters. The average molecular weight is 480 g/mol. The van der Waals surface area contributed by atoms with E-state index in [-0.39, 0.29) is 23.5 Å². The summed E-state index contributed by atoms with van der Waals surface area (Å²) in [6, 6.07) is 25.3. The molecule has 1 N–H and O–H groups in total. The Morgan fingerprint density at radius 3 is 2.09 bits per heavy atom. The molecule has 0 radical (unpaired) electrons. The molecular formula is C26H29N3O4S. The molecule has 0 aliphatic carbocycles. The summed E-state index contributed by atoms with van der Waals surface area (Å²) in [5, 5.41) is 0. The normalized spacial score (nSPS) is 15.1. The maximum atomic E-state index is 12.7. The van der Waals surface area contributed by atoms with Crippen LogP contribution in [0.4, 0.5) is 5.69 Å². The van der Waals surface area contributed by atoms with Gasteiger partial charge in [-0.3, -0.25) is 4.79 Å². The molecule has 1 aliphatic heterocycles. The van der Waals surface area contributed by atoms with Crippen LogP contribution in [0.3, 0.4) is 0 Å². The standard InChI is InChI=1S/C26H29N3O4S/c1-21(22-8-4-2-5-9-22)27-34(31,32)25-14-12-24(13-15-25)33-20-26(30)29-18-16-28(17-19-29)23-10-6-3-7-11-23/h2-15,21,27H,16-20H2,1H3/t21-/m0/s1. The van der Waals surface area contributed by atoms with E-state index in [1.165, 1.54) is 12.1 Å². The van der Waals surface area contributed by atoms with Gasteiger partial charge in [0.2, 0.25) is 10.0 Å². The van der Waals surface area contributed by atoms with Gasteiger partial charge in [-0.25, -0.2) is 13.1 Å². The highest BCUT2D eigenvalue weighted by molar-refractivity contribution is 7.89. The number of ether oxygens (including phenoxy) is 1. The molecule has 178 valence electrons. The van der Waals surface area contributed by atoms with Crippen molar-refractivity contribution in [3.8, 4) is 5.75 Å². The highest BCUT2D eigenvalue weighted by Gasteiger charge is 2.22. The predicted molar refractivity (Wildman–Crippen MR) is 132 cm³/mol. The fourth-order valence-corrected chi connectivity index (χ4v) is 5.15. The van der Waals surface area contributed by atoms with Gasteiger partial charge in [0.1, 0.15) is 5.75 Å². The number of hydrogen-bond donors (Lipinski definition) is 1. The molecule has 3 aromatic rings. The maximum absolute atomic E-state index is 12.7. The molecule has 0 bridgehead atoms. The number of hydrogen-bond acceptors (Lipinski definition) is 5. The molecular weight excluding hydrogens is 450 g/mol. The minimum absolute atomic E-state index is 0.0808. The minimum atomic E-state index is -3.69. The van der Waals surface area contributed by atoms with E-state index < -0.39 is 10.0 Å². The van der Waals surface area contributed by atoms with Crippen LogP contribution in [0.25, 0.3) is 0 Å². The maximum Gasteiger partial charge on any atom is 0.260 e. The van der Waals surface area contributed by atoms with Crippen molar-refractivity contribution in [3.05, 3.63) is 90.5 Å². The van der Waals surface area contributed by atoms with E-state index in [9.17, 15) is 13.2 Å². The van der Waals surface area contributed by atoms with Crippen molar-refractivity contribution in [2.75, 3.05) is 37.7 Å². The van der Waals surface area contributed by atoms with Gasteiger partial charge in [-0.05, 0) is 48.9 Å². The molecule has 1 saturated heterocycles. The van der Waals surface area contributed by atoms with E-state index in [1.54, 1.807) is 24.0 Å². The molecule has 7 nitrogen and oxygen atoms in total. The van der Waals surface area contributed by atoms with Crippen molar-refractivity contribution in [3.63, 3.8) is 0 Å². The van der Waals surface area contributed by atoms with E-state index >= 15 is 0 Å². The zero-order valence-corrected chi connectivity index (χ0v) is 19.9. The fourth-order valence-electron chi connectivity index (χ4n) is 3.91. The Balaban J connectivity index is 1.27. The summed E-state index contributed by atoms with van der Waals surface area (Å²) in [4.78, 5) is 16.8. The van der Waals surface area contributed by atoms with Crippen molar-refractivity contribution in [2.24, 2.45) is 0 Å². The molecule has 0 unspecified atom stereocenters. The molecule has 1 heterocycles. The van der Waals surface area contributed by atoms with Crippen molar-refractivity contribution >= 4 is 21.6 Å².